The molecule has 0 aliphatic carbocycles. The van der Waals surface area contributed by atoms with Gasteiger partial charge in [0.15, 0.2) is 0 Å². The Kier molecular flexibility index (Phi) is 9.14. The van der Waals surface area contributed by atoms with E-state index in [2.05, 4.69) is 5.32 Å². The first kappa shape index (κ1) is 26.0. The van der Waals surface area contributed by atoms with Crippen LogP contribution < -0.4 is 11.1 Å². The quantitative estimate of drug-likeness (QED) is 0.238. The predicted molar refractivity (Wildman–Crippen MR) is 111 cm³/mol. The summed E-state index contributed by atoms with van der Waals surface area (Å²) in [5.74, 6) is -5.37. The number of nitrogens with zero attached hydrogens (tertiary/aromatic N) is 2. The molecule has 4 unspecified atom stereocenters. The van der Waals surface area contributed by atoms with Crippen LogP contribution in [0.5, 0.6) is 0 Å². The fourth-order valence-electron chi connectivity index (χ4n) is 4.20. The lowest BCUT2D eigenvalue weighted by molar-refractivity contribution is -0.150. The van der Waals surface area contributed by atoms with Crippen molar-refractivity contribution in [2.75, 3.05) is 13.1 Å². The van der Waals surface area contributed by atoms with Crippen LogP contribution in [0.15, 0.2) is 0 Å². The van der Waals surface area contributed by atoms with Crippen molar-refractivity contribution in [3.05, 3.63) is 0 Å². The number of carboxylic acids is 3. The van der Waals surface area contributed by atoms with Crippen LogP contribution >= 0.6 is 0 Å². The van der Waals surface area contributed by atoms with E-state index in [1.165, 1.54) is 4.90 Å². The second-order valence-corrected chi connectivity index (χ2v) is 8.25. The van der Waals surface area contributed by atoms with Crippen LogP contribution in [0, 0.1) is 0 Å². The lowest BCUT2D eigenvalue weighted by Crippen LogP contribution is -2.56. The zero-order valence-electron chi connectivity index (χ0n) is 18.1. The number of amides is 3. The van der Waals surface area contributed by atoms with E-state index in [1.807, 2.05) is 0 Å². The van der Waals surface area contributed by atoms with Crippen molar-refractivity contribution in [3.8, 4) is 0 Å². The van der Waals surface area contributed by atoms with Gasteiger partial charge < -0.3 is 36.2 Å². The Morgan fingerprint density at radius 3 is 1.88 bits per heavy atom. The summed E-state index contributed by atoms with van der Waals surface area (Å²) in [7, 11) is 0. The van der Waals surface area contributed by atoms with Crippen LogP contribution in [0.4, 0.5) is 0 Å². The summed E-state index contributed by atoms with van der Waals surface area (Å²) in [5.41, 5.74) is 5.80. The highest BCUT2D eigenvalue weighted by Gasteiger charge is 2.40. The first-order chi connectivity index (χ1) is 15.5. The molecule has 184 valence electrons. The van der Waals surface area contributed by atoms with Crippen molar-refractivity contribution < 1.29 is 44.1 Å². The number of likely N-dealkylation sites (tertiary alicyclic amines) is 2. The molecule has 0 aromatic heterocycles. The molecule has 2 heterocycles. The van der Waals surface area contributed by atoms with Crippen LogP contribution in [-0.4, -0.2) is 98.0 Å². The second kappa shape index (κ2) is 11.6. The van der Waals surface area contributed by atoms with Gasteiger partial charge in [-0.15, -0.1) is 0 Å². The molecular weight excluding hydrogens is 440 g/mol. The maximum Gasteiger partial charge on any atom is 0.326 e. The molecule has 13 nitrogen and oxygen atoms in total. The van der Waals surface area contributed by atoms with Gasteiger partial charge in [0.2, 0.25) is 17.7 Å². The Morgan fingerprint density at radius 1 is 0.818 bits per heavy atom. The number of hydrogen-bond donors (Lipinski definition) is 5. The van der Waals surface area contributed by atoms with Crippen molar-refractivity contribution in [2.24, 2.45) is 5.73 Å². The maximum absolute atomic E-state index is 13.0. The van der Waals surface area contributed by atoms with Gasteiger partial charge >= 0.3 is 17.9 Å². The van der Waals surface area contributed by atoms with E-state index in [9.17, 15) is 33.9 Å². The number of carboxylic acid groups (broad SMARTS) is 3. The number of nitrogens with two attached hydrogens (primary N) is 1. The van der Waals surface area contributed by atoms with Crippen molar-refractivity contribution in [1.29, 1.82) is 0 Å². The topological polar surface area (TPSA) is 208 Å². The van der Waals surface area contributed by atoms with Crippen LogP contribution in [0.25, 0.3) is 0 Å². The standard InChI is InChI=1S/C20H30N4O9/c21-11(5-7-15(25)26)18(30)23-9-1-3-13(23)17(29)22-12(6-8-16(27)28)19(31)24-10-2-4-14(24)20(32)33/h11-14H,1-10,21H2,(H,22,29)(H,25,26)(H,27,28)(H,32,33). The second-order valence-electron chi connectivity index (χ2n) is 8.25. The fraction of sp³-hybridized carbons (Fsp3) is 0.700. The average molecular weight is 470 g/mol. The summed E-state index contributed by atoms with van der Waals surface area (Å²) in [4.78, 5) is 74.2. The van der Waals surface area contributed by atoms with Gasteiger partial charge in [0.05, 0.1) is 6.04 Å². The van der Waals surface area contributed by atoms with Crippen molar-refractivity contribution in [1.82, 2.24) is 15.1 Å². The highest BCUT2D eigenvalue weighted by molar-refractivity contribution is 5.94. The number of nitrogens with one attached hydrogen (secondary N) is 1. The first-order valence-corrected chi connectivity index (χ1v) is 10.9. The van der Waals surface area contributed by atoms with Gasteiger partial charge in [-0.05, 0) is 38.5 Å². The zero-order valence-corrected chi connectivity index (χ0v) is 18.1. The van der Waals surface area contributed by atoms with Gasteiger partial charge in [-0.25, -0.2) is 4.79 Å². The Hall–Kier alpha value is -3.22. The van der Waals surface area contributed by atoms with E-state index in [1.54, 1.807) is 0 Å². The number of aliphatic carboxylic acids is 3. The van der Waals surface area contributed by atoms with Crippen LogP contribution in [0.3, 0.4) is 0 Å². The fourth-order valence-corrected chi connectivity index (χ4v) is 4.20. The molecule has 2 aliphatic rings. The molecule has 0 aromatic rings. The summed E-state index contributed by atoms with van der Waals surface area (Å²) in [6, 6.07) is -4.34. The van der Waals surface area contributed by atoms with E-state index >= 15 is 0 Å². The van der Waals surface area contributed by atoms with Gasteiger partial charge in [-0.2, -0.15) is 0 Å². The summed E-state index contributed by atoms with van der Waals surface area (Å²) in [5, 5.41) is 29.6. The highest BCUT2D eigenvalue weighted by atomic mass is 16.4. The third-order valence-electron chi connectivity index (χ3n) is 5.91. The summed E-state index contributed by atoms with van der Waals surface area (Å²) in [6.45, 7) is 0.417. The lowest BCUT2D eigenvalue weighted by atomic mass is 10.1. The Labute approximate surface area is 189 Å². The first-order valence-electron chi connectivity index (χ1n) is 10.9. The van der Waals surface area contributed by atoms with Gasteiger partial charge in [-0.1, -0.05) is 0 Å². The van der Waals surface area contributed by atoms with E-state index in [4.69, 9.17) is 15.9 Å². The van der Waals surface area contributed by atoms with Crippen molar-refractivity contribution in [3.63, 3.8) is 0 Å². The normalized spacial score (nSPS) is 22.0. The SMILES string of the molecule is NC(CCC(=O)O)C(=O)N1CCCC1C(=O)NC(CCC(=O)O)C(=O)N1CCCC1C(=O)O. The molecule has 0 spiro atoms. The number of carbonyl (C=O) groups is 6. The smallest absolute Gasteiger partial charge is 0.326 e. The molecule has 0 bridgehead atoms. The molecule has 2 fully saturated rings. The largest absolute Gasteiger partial charge is 0.481 e. The lowest BCUT2D eigenvalue weighted by Gasteiger charge is -2.30. The Morgan fingerprint density at radius 2 is 1.33 bits per heavy atom. The molecule has 0 saturated carbocycles. The maximum atomic E-state index is 13.0. The van der Waals surface area contributed by atoms with Crippen molar-refractivity contribution >= 4 is 35.6 Å². The molecule has 6 N–H and O–H groups in total. The van der Waals surface area contributed by atoms with Crippen LogP contribution in [-0.2, 0) is 28.8 Å². The van der Waals surface area contributed by atoms with E-state index < -0.39 is 66.2 Å². The molecule has 13 heteroatoms. The van der Waals surface area contributed by atoms with Gasteiger partial charge in [-0.3, -0.25) is 24.0 Å². The molecule has 3 amide bonds. The summed E-state index contributed by atoms with van der Waals surface area (Å²) < 4.78 is 0. The molecule has 2 saturated heterocycles. The molecule has 0 aromatic carbocycles. The highest BCUT2D eigenvalue weighted by Crippen LogP contribution is 2.22. The average Bonchev–Trinajstić information content (AvgIpc) is 3.43. The molecule has 0 radical (unpaired) electrons. The number of hydrogen-bond acceptors (Lipinski definition) is 7. The molecule has 33 heavy (non-hydrogen) atoms. The van der Waals surface area contributed by atoms with E-state index in [0.717, 1.165) is 4.90 Å². The molecule has 4 atom stereocenters. The minimum atomic E-state index is -1.26. The molecule has 2 aliphatic heterocycles. The summed E-state index contributed by atoms with van der Waals surface area (Å²) >= 11 is 0. The third kappa shape index (κ3) is 6.88. The number of rotatable bonds is 11. The Bertz CT molecular complexity index is 802. The zero-order chi connectivity index (χ0) is 24.7. The van der Waals surface area contributed by atoms with Crippen LogP contribution in [0.2, 0.25) is 0 Å². The van der Waals surface area contributed by atoms with E-state index in [-0.39, 0.29) is 38.8 Å². The van der Waals surface area contributed by atoms with Crippen LogP contribution in [0.1, 0.15) is 51.4 Å². The molecule has 2 rings (SSSR count). The van der Waals surface area contributed by atoms with E-state index in [0.29, 0.717) is 19.3 Å². The third-order valence-corrected chi connectivity index (χ3v) is 5.91. The predicted octanol–water partition coefficient (Wildman–Crippen LogP) is -1.41. The van der Waals surface area contributed by atoms with Crippen molar-refractivity contribution in [2.45, 2.75) is 75.5 Å². The van der Waals surface area contributed by atoms with Gasteiger partial charge in [0, 0.05) is 25.9 Å². The minimum Gasteiger partial charge on any atom is -0.481 e. The molecular formula is C20H30N4O9. The Balaban J connectivity index is 2.11. The van der Waals surface area contributed by atoms with Gasteiger partial charge in [0.1, 0.15) is 18.1 Å². The monoisotopic (exact) mass is 470 g/mol. The minimum absolute atomic E-state index is 0.0930. The summed E-state index contributed by atoms with van der Waals surface area (Å²) in [6.07, 6.45) is 0.480. The van der Waals surface area contributed by atoms with Gasteiger partial charge in [0.25, 0.3) is 0 Å². The number of carbonyl (C=O) groups excluding carboxylic acids is 3.